The summed E-state index contributed by atoms with van der Waals surface area (Å²) in [4.78, 5) is 2.17. The summed E-state index contributed by atoms with van der Waals surface area (Å²) in [6.07, 6.45) is 2.70. The van der Waals surface area contributed by atoms with E-state index in [4.69, 9.17) is 0 Å². The number of hydrogen-bond donors (Lipinski definition) is 1. The lowest BCUT2D eigenvalue weighted by atomic mass is 10.0. The average Bonchev–Trinajstić information content (AvgIpc) is 2.40. The Morgan fingerprint density at radius 3 is 2.33 bits per heavy atom. The summed E-state index contributed by atoms with van der Waals surface area (Å²) in [6.45, 7) is 5.55. The SMILES string of the molecule is Cc1cc(C#N)c(N2CCC(NS(C)(=O)=O)CC2)cc1C. The van der Waals surface area contributed by atoms with E-state index < -0.39 is 10.0 Å². The number of anilines is 1. The third-order valence-electron chi connectivity index (χ3n) is 3.95. The molecule has 0 aromatic heterocycles. The highest BCUT2D eigenvalue weighted by Crippen LogP contribution is 2.27. The zero-order chi connectivity index (χ0) is 15.6. The van der Waals surface area contributed by atoms with Gasteiger partial charge in [-0.1, -0.05) is 0 Å². The summed E-state index contributed by atoms with van der Waals surface area (Å²) in [5.74, 6) is 0. The second-order valence-electron chi connectivity index (χ2n) is 5.72. The predicted octanol–water partition coefficient (Wildman–Crippen LogP) is 1.69. The molecule has 21 heavy (non-hydrogen) atoms. The zero-order valence-corrected chi connectivity index (χ0v) is 13.5. The number of rotatable bonds is 3. The molecule has 0 amide bonds. The highest BCUT2D eigenvalue weighted by molar-refractivity contribution is 7.88. The summed E-state index contributed by atoms with van der Waals surface area (Å²) in [7, 11) is -3.15. The molecule has 1 N–H and O–H groups in total. The number of hydrogen-bond acceptors (Lipinski definition) is 4. The predicted molar refractivity (Wildman–Crippen MR) is 83.8 cm³/mol. The lowest BCUT2D eigenvalue weighted by Crippen LogP contribution is -2.44. The van der Waals surface area contributed by atoms with Gasteiger partial charge in [-0.25, -0.2) is 13.1 Å². The van der Waals surface area contributed by atoms with Crippen LogP contribution in [0.2, 0.25) is 0 Å². The first-order valence-electron chi connectivity index (χ1n) is 7.04. The molecule has 5 nitrogen and oxygen atoms in total. The number of sulfonamides is 1. The van der Waals surface area contributed by atoms with Gasteiger partial charge in [0.2, 0.25) is 10.0 Å². The van der Waals surface area contributed by atoms with E-state index in [-0.39, 0.29) is 6.04 Å². The van der Waals surface area contributed by atoms with E-state index in [9.17, 15) is 13.7 Å². The van der Waals surface area contributed by atoms with Crippen LogP contribution < -0.4 is 9.62 Å². The van der Waals surface area contributed by atoms with Gasteiger partial charge in [0.05, 0.1) is 17.5 Å². The molecule has 1 aromatic rings. The number of benzene rings is 1. The second kappa shape index (κ2) is 6.04. The van der Waals surface area contributed by atoms with Crippen molar-refractivity contribution in [1.82, 2.24) is 4.72 Å². The zero-order valence-electron chi connectivity index (χ0n) is 12.7. The third kappa shape index (κ3) is 3.96. The van der Waals surface area contributed by atoms with Crippen LogP contribution in [0.15, 0.2) is 12.1 Å². The Labute approximate surface area is 126 Å². The van der Waals surface area contributed by atoms with Crippen molar-refractivity contribution in [3.63, 3.8) is 0 Å². The monoisotopic (exact) mass is 307 g/mol. The summed E-state index contributed by atoms with van der Waals surface area (Å²) in [5.41, 5.74) is 3.93. The number of aryl methyl sites for hydroxylation is 2. The molecule has 114 valence electrons. The number of nitrogens with one attached hydrogen (secondary N) is 1. The Kier molecular flexibility index (Phi) is 4.55. The Hall–Kier alpha value is -1.58. The smallest absolute Gasteiger partial charge is 0.208 e. The molecular formula is C15H21N3O2S. The van der Waals surface area contributed by atoms with E-state index in [0.29, 0.717) is 5.56 Å². The van der Waals surface area contributed by atoms with E-state index in [1.54, 1.807) is 0 Å². The fourth-order valence-electron chi connectivity index (χ4n) is 2.69. The second-order valence-corrected chi connectivity index (χ2v) is 7.50. The van der Waals surface area contributed by atoms with Crippen molar-refractivity contribution in [2.75, 3.05) is 24.2 Å². The Morgan fingerprint density at radius 2 is 1.81 bits per heavy atom. The minimum atomic E-state index is -3.15. The minimum absolute atomic E-state index is 0.00617. The summed E-state index contributed by atoms with van der Waals surface area (Å²) < 4.78 is 25.2. The van der Waals surface area contributed by atoms with Gasteiger partial charge in [-0.3, -0.25) is 0 Å². The fraction of sp³-hybridized carbons (Fsp3) is 0.533. The Balaban J connectivity index is 2.13. The molecule has 2 rings (SSSR count). The Bertz CT molecular complexity index is 669. The molecule has 0 aliphatic carbocycles. The van der Waals surface area contributed by atoms with Crippen molar-refractivity contribution >= 4 is 15.7 Å². The van der Waals surface area contributed by atoms with Crippen LogP contribution in [0, 0.1) is 25.2 Å². The molecule has 1 aliphatic rings. The molecule has 0 radical (unpaired) electrons. The van der Waals surface area contributed by atoms with E-state index in [1.807, 2.05) is 19.9 Å². The van der Waals surface area contributed by atoms with Gasteiger partial charge in [-0.05, 0) is 49.9 Å². The normalized spacial score (nSPS) is 16.8. The summed E-state index contributed by atoms with van der Waals surface area (Å²) in [6, 6.07) is 6.23. The molecule has 1 aromatic carbocycles. The van der Waals surface area contributed by atoms with Crippen LogP contribution in [-0.2, 0) is 10.0 Å². The van der Waals surface area contributed by atoms with Gasteiger partial charge in [0, 0.05) is 19.1 Å². The molecule has 1 heterocycles. The van der Waals surface area contributed by atoms with Crippen molar-refractivity contribution in [3.05, 3.63) is 28.8 Å². The topological polar surface area (TPSA) is 73.2 Å². The highest BCUT2D eigenvalue weighted by atomic mass is 32.2. The van der Waals surface area contributed by atoms with Gasteiger partial charge in [0.1, 0.15) is 6.07 Å². The van der Waals surface area contributed by atoms with Crippen molar-refractivity contribution < 1.29 is 8.42 Å². The Morgan fingerprint density at radius 1 is 1.24 bits per heavy atom. The molecule has 1 aliphatic heterocycles. The van der Waals surface area contributed by atoms with Crippen LogP contribution in [0.5, 0.6) is 0 Å². The van der Waals surface area contributed by atoms with Gasteiger partial charge in [0.25, 0.3) is 0 Å². The molecule has 0 spiro atoms. The molecule has 0 saturated carbocycles. The maximum absolute atomic E-state index is 11.3. The maximum Gasteiger partial charge on any atom is 0.208 e. The first-order valence-corrected chi connectivity index (χ1v) is 8.93. The number of nitriles is 1. The van der Waals surface area contributed by atoms with Crippen LogP contribution in [-0.4, -0.2) is 33.8 Å². The average molecular weight is 307 g/mol. The highest BCUT2D eigenvalue weighted by Gasteiger charge is 2.23. The van der Waals surface area contributed by atoms with Crippen molar-refractivity contribution in [2.45, 2.75) is 32.7 Å². The van der Waals surface area contributed by atoms with E-state index in [1.165, 1.54) is 11.8 Å². The molecule has 1 saturated heterocycles. The maximum atomic E-state index is 11.3. The van der Waals surface area contributed by atoms with E-state index in [2.05, 4.69) is 21.8 Å². The van der Waals surface area contributed by atoms with Crippen LogP contribution in [0.1, 0.15) is 29.5 Å². The van der Waals surface area contributed by atoms with Gasteiger partial charge in [0.15, 0.2) is 0 Å². The number of nitrogens with zero attached hydrogens (tertiary/aromatic N) is 2. The van der Waals surface area contributed by atoms with Gasteiger partial charge >= 0.3 is 0 Å². The van der Waals surface area contributed by atoms with Crippen LogP contribution in [0.3, 0.4) is 0 Å². The van der Waals surface area contributed by atoms with E-state index in [0.717, 1.165) is 37.2 Å². The van der Waals surface area contributed by atoms with Gasteiger partial charge in [-0.15, -0.1) is 0 Å². The van der Waals surface area contributed by atoms with Crippen LogP contribution in [0.25, 0.3) is 0 Å². The lowest BCUT2D eigenvalue weighted by molar-refractivity contribution is 0.461. The molecule has 0 atom stereocenters. The van der Waals surface area contributed by atoms with Crippen molar-refractivity contribution in [2.24, 2.45) is 0 Å². The summed E-state index contributed by atoms with van der Waals surface area (Å²) >= 11 is 0. The molecule has 6 heteroatoms. The molecule has 0 unspecified atom stereocenters. The molecular weight excluding hydrogens is 286 g/mol. The fourth-order valence-corrected chi connectivity index (χ4v) is 3.53. The van der Waals surface area contributed by atoms with Crippen molar-refractivity contribution in [3.8, 4) is 6.07 Å². The molecule has 1 fully saturated rings. The summed E-state index contributed by atoms with van der Waals surface area (Å²) in [5, 5.41) is 9.30. The van der Waals surface area contributed by atoms with Gasteiger partial charge < -0.3 is 4.90 Å². The van der Waals surface area contributed by atoms with Crippen molar-refractivity contribution in [1.29, 1.82) is 5.26 Å². The first-order chi connectivity index (χ1) is 9.80. The minimum Gasteiger partial charge on any atom is -0.370 e. The molecule has 0 bridgehead atoms. The van der Waals surface area contributed by atoms with Crippen LogP contribution >= 0.6 is 0 Å². The largest absolute Gasteiger partial charge is 0.370 e. The lowest BCUT2D eigenvalue weighted by Gasteiger charge is -2.34. The standard InChI is InChI=1S/C15H21N3O2S/c1-11-8-13(10-16)15(9-12(11)2)18-6-4-14(5-7-18)17-21(3,19)20/h8-9,14,17H,4-7H2,1-3H3. The number of piperidine rings is 1. The van der Waals surface area contributed by atoms with Crippen LogP contribution in [0.4, 0.5) is 5.69 Å². The third-order valence-corrected chi connectivity index (χ3v) is 4.71. The first kappa shape index (κ1) is 15.8. The quantitative estimate of drug-likeness (QED) is 0.922. The van der Waals surface area contributed by atoms with E-state index >= 15 is 0 Å². The van der Waals surface area contributed by atoms with Gasteiger partial charge in [-0.2, -0.15) is 5.26 Å².